The Labute approximate surface area is 162 Å². The van der Waals surface area contributed by atoms with Crippen LogP contribution in [0, 0.1) is 6.92 Å². The van der Waals surface area contributed by atoms with Crippen LogP contribution in [0.25, 0.3) is 10.2 Å². The number of carbonyl (C=O) groups excluding carboxylic acids is 1. The summed E-state index contributed by atoms with van der Waals surface area (Å²) in [5.41, 5.74) is 2.74. The Balaban J connectivity index is 1.50. The first-order valence-corrected chi connectivity index (χ1v) is 9.93. The molecule has 1 aliphatic rings. The molecule has 0 aliphatic carbocycles. The van der Waals surface area contributed by atoms with Crippen molar-refractivity contribution in [1.29, 1.82) is 0 Å². The Hall–Kier alpha value is -2.51. The number of amides is 2. The molecule has 1 atom stereocenters. The average molecular weight is 382 g/mol. The number of nitrogens with zero attached hydrogens (tertiary/aromatic N) is 3. The van der Waals surface area contributed by atoms with E-state index in [1.807, 2.05) is 37.3 Å². The predicted octanol–water partition coefficient (Wildman–Crippen LogP) is 4.21. The third kappa shape index (κ3) is 4.43. The van der Waals surface area contributed by atoms with Gasteiger partial charge in [0.05, 0.1) is 21.3 Å². The van der Waals surface area contributed by atoms with Gasteiger partial charge in [-0.05, 0) is 49.6 Å². The molecule has 1 aliphatic heterocycles. The number of rotatable bonds is 5. The van der Waals surface area contributed by atoms with Crippen LogP contribution in [-0.4, -0.2) is 40.2 Å². The van der Waals surface area contributed by atoms with Crippen molar-refractivity contribution >= 4 is 33.3 Å². The topological polar surface area (TPSA) is 67.4 Å². The summed E-state index contributed by atoms with van der Waals surface area (Å²) in [6, 6.07) is 9.56. The summed E-state index contributed by atoms with van der Waals surface area (Å²) in [6.45, 7) is 3.83. The lowest BCUT2D eigenvalue weighted by Gasteiger charge is -2.25. The van der Waals surface area contributed by atoms with Gasteiger partial charge in [-0.15, -0.1) is 11.3 Å². The fraction of sp³-hybridized carbons (Fsp3) is 0.350. The van der Waals surface area contributed by atoms with Gasteiger partial charge in [-0.25, -0.2) is 9.78 Å². The van der Waals surface area contributed by atoms with Gasteiger partial charge in [0.1, 0.15) is 0 Å². The minimum Gasteiger partial charge on any atom is -0.376 e. The molecule has 3 heterocycles. The number of hydrogen-bond acceptors (Lipinski definition) is 5. The number of thiazole rings is 1. The zero-order valence-corrected chi connectivity index (χ0v) is 16.0. The fourth-order valence-corrected chi connectivity index (χ4v) is 4.15. The molecule has 6 nitrogen and oxygen atoms in total. The van der Waals surface area contributed by atoms with E-state index in [0.717, 1.165) is 45.9 Å². The van der Waals surface area contributed by atoms with E-state index in [9.17, 15) is 4.79 Å². The number of fused-ring (bicyclic) bond motifs is 1. The first-order chi connectivity index (χ1) is 13.2. The monoisotopic (exact) mass is 382 g/mol. The molecule has 3 aromatic rings. The van der Waals surface area contributed by atoms with Crippen molar-refractivity contribution < 1.29 is 9.53 Å². The third-order valence-electron chi connectivity index (χ3n) is 4.58. The minimum atomic E-state index is -0.130. The highest BCUT2D eigenvalue weighted by molar-refractivity contribution is 7.18. The molecule has 7 heteroatoms. The minimum absolute atomic E-state index is 0.0963. The molecule has 27 heavy (non-hydrogen) atoms. The molecule has 0 saturated carbocycles. The summed E-state index contributed by atoms with van der Waals surface area (Å²) >= 11 is 1.63. The average Bonchev–Trinajstić information content (AvgIpc) is 3.30. The molecule has 140 valence electrons. The molecule has 2 aromatic heterocycles. The molecule has 0 unspecified atom stereocenters. The highest BCUT2D eigenvalue weighted by atomic mass is 32.1. The zero-order valence-electron chi connectivity index (χ0n) is 15.2. The van der Waals surface area contributed by atoms with Gasteiger partial charge in [-0.2, -0.15) is 0 Å². The Morgan fingerprint density at radius 3 is 3.11 bits per heavy atom. The number of anilines is 1. The Kier molecular flexibility index (Phi) is 5.31. The van der Waals surface area contributed by atoms with Crippen molar-refractivity contribution in [2.75, 3.05) is 18.5 Å². The van der Waals surface area contributed by atoms with Crippen molar-refractivity contribution in [3.8, 4) is 0 Å². The molecule has 2 amide bonds. The summed E-state index contributed by atoms with van der Waals surface area (Å²) in [7, 11) is 0. The normalized spacial score (nSPS) is 16.6. The van der Waals surface area contributed by atoms with E-state index in [2.05, 4.69) is 15.3 Å². The van der Waals surface area contributed by atoms with Crippen LogP contribution in [0.2, 0.25) is 0 Å². The Morgan fingerprint density at radius 2 is 2.33 bits per heavy atom. The second kappa shape index (κ2) is 8.02. The fourth-order valence-electron chi connectivity index (χ4n) is 3.29. The van der Waals surface area contributed by atoms with Gasteiger partial charge in [0, 0.05) is 37.8 Å². The molecular weight excluding hydrogens is 360 g/mol. The predicted molar refractivity (Wildman–Crippen MR) is 107 cm³/mol. The maximum atomic E-state index is 13.0. The van der Waals surface area contributed by atoms with E-state index in [4.69, 9.17) is 4.74 Å². The second-order valence-electron chi connectivity index (χ2n) is 6.72. The van der Waals surface area contributed by atoms with Gasteiger partial charge in [0.15, 0.2) is 0 Å². The molecule has 1 saturated heterocycles. The first kappa shape index (κ1) is 17.9. The number of urea groups is 1. The van der Waals surface area contributed by atoms with Crippen LogP contribution in [0.1, 0.15) is 23.4 Å². The summed E-state index contributed by atoms with van der Waals surface area (Å²) in [6.07, 6.45) is 5.67. The molecular formula is C20H22N4O2S. The molecule has 1 aromatic carbocycles. The van der Waals surface area contributed by atoms with Crippen molar-refractivity contribution in [3.05, 3.63) is 53.3 Å². The van der Waals surface area contributed by atoms with Crippen LogP contribution >= 0.6 is 11.3 Å². The SMILES string of the molecule is Cc1nc2ccc(NC(=O)N(Cc3cccnc3)C[C@@H]3CCCO3)cc2s1. The van der Waals surface area contributed by atoms with E-state index in [0.29, 0.717) is 13.1 Å². The number of benzene rings is 1. The van der Waals surface area contributed by atoms with E-state index >= 15 is 0 Å². The van der Waals surface area contributed by atoms with Crippen LogP contribution in [0.5, 0.6) is 0 Å². The van der Waals surface area contributed by atoms with Gasteiger partial charge >= 0.3 is 6.03 Å². The quantitative estimate of drug-likeness (QED) is 0.718. The summed E-state index contributed by atoms with van der Waals surface area (Å²) in [5.74, 6) is 0. The highest BCUT2D eigenvalue weighted by Gasteiger charge is 2.23. The van der Waals surface area contributed by atoms with Gasteiger partial charge in [0.25, 0.3) is 0 Å². The highest BCUT2D eigenvalue weighted by Crippen LogP contribution is 2.25. The van der Waals surface area contributed by atoms with E-state index in [1.165, 1.54) is 0 Å². The van der Waals surface area contributed by atoms with Gasteiger partial charge in [0.2, 0.25) is 0 Å². The molecule has 0 spiro atoms. The molecule has 1 fully saturated rings. The zero-order chi connectivity index (χ0) is 18.6. The van der Waals surface area contributed by atoms with Crippen LogP contribution < -0.4 is 5.32 Å². The smallest absolute Gasteiger partial charge is 0.322 e. The number of aromatic nitrogens is 2. The maximum Gasteiger partial charge on any atom is 0.322 e. The van der Waals surface area contributed by atoms with Crippen LogP contribution in [-0.2, 0) is 11.3 Å². The van der Waals surface area contributed by atoms with Gasteiger partial charge in [-0.3, -0.25) is 4.98 Å². The third-order valence-corrected chi connectivity index (χ3v) is 5.51. The Morgan fingerprint density at radius 1 is 1.41 bits per heavy atom. The van der Waals surface area contributed by atoms with Crippen LogP contribution in [0.4, 0.5) is 10.5 Å². The van der Waals surface area contributed by atoms with Crippen molar-refractivity contribution in [2.45, 2.75) is 32.4 Å². The second-order valence-corrected chi connectivity index (χ2v) is 7.96. The van der Waals surface area contributed by atoms with Crippen molar-refractivity contribution in [1.82, 2.24) is 14.9 Å². The lowest BCUT2D eigenvalue weighted by molar-refractivity contribution is 0.0819. The first-order valence-electron chi connectivity index (χ1n) is 9.11. The van der Waals surface area contributed by atoms with Gasteiger partial charge < -0.3 is 15.0 Å². The van der Waals surface area contributed by atoms with E-state index in [-0.39, 0.29) is 12.1 Å². The van der Waals surface area contributed by atoms with E-state index in [1.54, 1.807) is 28.6 Å². The standard InChI is InChI=1S/C20H22N4O2S/c1-14-22-18-7-6-16(10-19(18)27-14)23-20(25)24(13-17-5-3-9-26-17)12-15-4-2-8-21-11-15/h2,4,6-8,10-11,17H,3,5,9,12-13H2,1H3,(H,23,25)/t17-/m0/s1. The number of carbonyl (C=O) groups is 1. The summed E-state index contributed by atoms with van der Waals surface area (Å²) in [5, 5.41) is 4.05. The molecule has 0 bridgehead atoms. The Bertz CT molecular complexity index is 922. The molecule has 1 N–H and O–H groups in total. The number of ether oxygens (including phenoxy) is 1. The van der Waals surface area contributed by atoms with Gasteiger partial charge in [-0.1, -0.05) is 6.07 Å². The largest absolute Gasteiger partial charge is 0.376 e. The summed E-state index contributed by atoms with van der Waals surface area (Å²) < 4.78 is 6.81. The lowest BCUT2D eigenvalue weighted by atomic mass is 10.2. The van der Waals surface area contributed by atoms with Crippen molar-refractivity contribution in [3.63, 3.8) is 0 Å². The number of hydrogen-bond donors (Lipinski definition) is 1. The number of aryl methyl sites for hydroxylation is 1. The number of nitrogens with one attached hydrogen (secondary N) is 1. The molecule has 0 radical (unpaired) electrons. The lowest BCUT2D eigenvalue weighted by Crippen LogP contribution is -2.39. The molecule has 4 rings (SSSR count). The van der Waals surface area contributed by atoms with Crippen LogP contribution in [0.3, 0.4) is 0 Å². The summed E-state index contributed by atoms with van der Waals surface area (Å²) in [4.78, 5) is 23.4. The van der Waals surface area contributed by atoms with Crippen molar-refractivity contribution in [2.24, 2.45) is 0 Å². The maximum absolute atomic E-state index is 13.0. The van der Waals surface area contributed by atoms with Crippen LogP contribution in [0.15, 0.2) is 42.7 Å². The van der Waals surface area contributed by atoms with E-state index < -0.39 is 0 Å². The number of pyridine rings is 1.